The molecule has 2 aromatic heterocycles. The van der Waals surface area contributed by atoms with Crippen molar-refractivity contribution < 1.29 is 4.79 Å². The molecule has 5 nitrogen and oxygen atoms in total. The van der Waals surface area contributed by atoms with Gasteiger partial charge in [-0.2, -0.15) is 5.10 Å². The molecular weight excluding hydrogens is 300 g/mol. The fraction of sp³-hybridized carbons (Fsp3) is 0.526. The molecule has 1 aliphatic rings. The first kappa shape index (κ1) is 16.7. The lowest BCUT2D eigenvalue weighted by atomic mass is 10.0. The lowest BCUT2D eigenvalue weighted by molar-refractivity contribution is 0.0919. The second kappa shape index (κ2) is 6.75. The number of aromatic nitrogens is 3. The molecule has 1 saturated carbocycles. The van der Waals surface area contributed by atoms with Crippen LogP contribution in [0.15, 0.2) is 24.4 Å². The molecule has 0 spiro atoms. The van der Waals surface area contributed by atoms with Crippen LogP contribution in [-0.4, -0.2) is 20.7 Å². The summed E-state index contributed by atoms with van der Waals surface area (Å²) in [7, 11) is 0. The van der Waals surface area contributed by atoms with Gasteiger partial charge in [0.25, 0.3) is 5.91 Å². The molecule has 0 aliphatic heterocycles. The topological polar surface area (TPSA) is 59.8 Å². The molecule has 0 saturated heterocycles. The van der Waals surface area contributed by atoms with Gasteiger partial charge in [-0.3, -0.25) is 14.5 Å². The van der Waals surface area contributed by atoms with Crippen molar-refractivity contribution in [3.63, 3.8) is 0 Å². The summed E-state index contributed by atoms with van der Waals surface area (Å²) in [5, 5.41) is 7.76. The summed E-state index contributed by atoms with van der Waals surface area (Å²) in [5.41, 5.74) is 3.71. The molecule has 1 aliphatic carbocycles. The standard InChI is InChI=1S/C19H26N4O/c1-5-23-16(11-15(22-23)12(2)3)19(24)21-18(14-8-9-14)17-13(4)7-6-10-20-17/h6-7,10-12,14,18H,5,8-9H2,1-4H3,(H,21,24)/t18-/m1/s1. The van der Waals surface area contributed by atoms with Crippen LogP contribution in [0.1, 0.15) is 73.0 Å². The van der Waals surface area contributed by atoms with Crippen molar-refractivity contribution in [1.82, 2.24) is 20.1 Å². The van der Waals surface area contributed by atoms with Crippen LogP contribution in [0.25, 0.3) is 0 Å². The number of nitrogens with zero attached hydrogens (tertiary/aromatic N) is 3. The summed E-state index contributed by atoms with van der Waals surface area (Å²) in [6.45, 7) is 8.93. The van der Waals surface area contributed by atoms with Crippen LogP contribution in [0.5, 0.6) is 0 Å². The number of rotatable bonds is 6. The number of aryl methyl sites for hydroxylation is 2. The average Bonchev–Trinajstić information content (AvgIpc) is 3.30. The van der Waals surface area contributed by atoms with Crippen molar-refractivity contribution in [2.24, 2.45) is 5.92 Å². The molecule has 0 aromatic carbocycles. The SMILES string of the molecule is CCn1nc(C(C)C)cc1C(=O)N[C@@H](c1ncccc1C)C1CC1. The van der Waals surface area contributed by atoms with Gasteiger partial charge in [0.15, 0.2) is 0 Å². The summed E-state index contributed by atoms with van der Waals surface area (Å²) in [5.74, 6) is 0.741. The molecule has 5 heteroatoms. The Morgan fingerprint density at radius 1 is 1.42 bits per heavy atom. The third-order valence-corrected chi connectivity index (χ3v) is 4.65. The monoisotopic (exact) mass is 326 g/mol. The lowest BCUT2D eigenvalue weighted by Crippen LogP contribution is -2.32. The maximum atomic E-state index is 12.9. The number of hydrogen-bond donors (Lipinski definition) is 1. The molecule has 0 bridgehead atoms. The fourth-order valence-corrected chi connectivity index (χ4v) is 3.02. The van der Waals surface area contributed by atoms with Gasteiger partial charge in [0.1, 0.15) is 5.69 Å². The maximum absolute atomic E-state index is 12.9. The van der Waals surface area contributed by atoms with E-state index in [0.29, 0.717) is 24.1 Å². The van der Waals surface area contributed by atoms with Crippen LogP contribution in [0.2, 0.25) is 0 Å². The number of hydrogen-bond acceptors (Lipinski definition) is 3. The summed E-state index contributed by atoms with van der Waals surface area (Å²) in [6, 6.07) is 5.89. The molecule has 24 heavy (non-hydrogen) atoms. The van der Waals surface area contributed by atoms with E-state index < -0.39 is 0 Å². The Hall–Kier alpha value is -2.17. The fourth-order valence-electron chi connectivity index (χ4n) is 3.02. The molecule has 1 N–H and O–H groups in total. The van der Waals surface area contributed by atoms with Crippen LogP contribution in [0.3, 0.4) is 0 Å². The highest BCUT2D eigenvalue weighted by Crippen LogP contribution is 2.41. The molecule has 1 fully saturated rings. The quantitative estimate of drug-likeness (QED) is 0.882. The van der Waals surface area contributed by atoms with E-state index in [1.54, 1.807) is 10.9 Å². The Labute approximate surface area is 143 Å². The third-order valence-electron chi connectivity index (χ3n) is 4.65. The molecule has 2 heterocycles. The zero-order chi connectivity index (χ0) is 17.3. The van der Waals surface area contributed by atoms with Gasteiger partial charge in [0, 0.05) is 12.7 Å². The summed E-state index contributed by atoms with van der Waals surface area (Å²) in [6.07, 6.45) is 4.09. The van der Waals surface area contributed by atoms with E-state index in [-0.39, 0.29) is 11.9 Å². The van der Waals surface area contributed by atoms with Crippen molar-refractivity contribution in [3.05, 3.63) is 47.0 Å². The number of amides is 1. The number of carbonyl (C=O) groups is 1. The minimum atomic E-state index is -0.0572. The first-order valence-electron chi connectivity index (χ1n) is 8.81. The molecule has 128 valence electrons. The Morgan fingerprint density at radius 3 is 2.75 bits per heavy atom. The van der Waals surface area contributed by atoms with Gasteiger partial charge in [0.2, 0.25) is 0 Å². The third kappa shape index (κ3) is 3.35. The molecule has 1 amide bonds. The van der Waals surface area contributed by atoms with E-state index in [1.807, 2.05) is 19.1 Å². The van der Waals surface area contributed by atoms with E-state index in [2.05, 4.69) is 42.2 Å². The van der Waals surface area contributed by atoms with E-state index in [4.69, 9.17) is 0 Å². The van der Waals surface area contributed by atoms with E-state index in [9.17, 15) is 4.79 Å². The van der Waals surface area contributed by atoms with Crippen molar-refractivity contribution in [3.8, 4) is 0 Å². The molecule has 2 aromatic rings. The largest absolute Gasteiger partial charge is 0.342 e. The highest BCUT2D eigenvalue weighted by Gasteiger charge is 2.35. The zero-order valence-electron chi connectivity index (χ0n) is 14.9. The highest BCUT2D eigenvalue weighted by molar-refractivity contribution is 5.93. The smallest absolute Gasteiger partial charge is 0.270 e. The minimum absolute atomic E-state index is 0.0126. The van der Waals surface area contributed by atoms with Gasteiger partial charge >= 0.3 is 0 Å². The Balaban J connectivity index is 1.86. The number of carbonyl (C=O) groups excluding carboxylic acids is 1. The summed E-state index contributed by atoms with van der Waals surface area (Å²) in [4.78, 5) is 17.4. The Kier molecular flexibility index (Phi) is 4.69. The van der Waals surface area contributed by atoms with Gasteiger partial charge in [-0.05, 0) is 56.2 Å². The molecule has 3 rings (SSSR count). The highest BCUT2D eigenvalue weighted by atomic mass is 16.2. The predicted octanol–water partition coefficient (Wildman–Crippen LogP) is 3.61. The second-order valence-corrected chi connectivity index (χ2v) is 6.92. The van der Waals surface area contributed by atoms with Crippen molar-refractivity contribution in [1.29, 1.82) is 0 Å². The first-order valence-corrected chi connectivity index (χ1v) is 8.81. The molecule has 1 atom stereocenters. The molecular formula is C19H26N4O. The molecule has 0 unspecified atom stereocenters. The number of pyridine rings is 1. The van der Waals surface area contributed by atoms with Crippen molar-refractivity contribution in [2.45, 2.75) is 59.0 Å². The van der Waals surface area contributed by atoms with Gasteiger partial charge in [-0.1, -0.05) is 19.9 Å². The normalized spacial score (nSPS) is 15.5. The predicted molar refractivity (Wildman–Crippen MR) is 93.9 cm³/mol. The van der Waals surface area contributed by atoms with Crippen LogP contribution < -0.4 is 5.32 Å². The van der Waals surface area contributed by atoms with Crippen molar-refractivity contribution in [2.75, 3.05) is 0 Å². The van der Waals surface area contributed by atoms with Gasteiger partial charge in [-0.25, -0.2) is 0 Å². The van der Waals surface area contributed by atoms with Gasteiger partial charge < -0.3 is 5.32 Å². The van der Waals surface area contributed by atoms with E-state index in [0.717, 1.165) is 29.8 Å². The minimum Gasteiger partial charge on any atom is -0.342 e. The number of nitrogens with one attached hydrogen (secondary N) is 1. The van der Waals surface area contributed by atoms with Crippen LogP contribution in [0.4, 0.5) is 0 Å². The second-order valence-electron chi connectivity index (χ2n) is 6.92. The van der Waals surface area contributed by atoms with Gasteiger partial charge in [0.05, 0.1) is 17.4 Å². The van der Waals surface area contributed by atoms with E-state index in [1.165, 1.54) is 0 Å². The summed E-state index contributed by atoms with van der Waals surface area (Å²) >= 11 is 0. The Morgan fingerprint density at radius 2 is 2.17 bits per heavy atom. The average molecular weight is 326 g/mol. The summed E-state index contributed by atoms with van der Waals surface area (Å²) < 4.78 is 1.79. The zero-order valence-corrected chi connectivity index (χ0v) is 14.9. The maximum Gasteiger partial charge on any atom is 0.270 e. The molecule has 0 radical (unpaired) electrons. The lowest BCUT2D eigenvalue weighted by Gasteiger charge is -2.19. The van der Waals surface area contributed by atoms with Crippen molar-refractivity contribution >= 4 is 5.91 Å². The van der Waals surface area contributed by atoms with Gasteiger partial charge in [-0.15, -0.1) is 0 Å². The van der Waals surface area contributed by atoms with Crippen LogP contribution in [0, 0.1) is 12.8 Å². The van der Waals surface area contributed by atoms with E-state index >= 15 is 0 Å². The van der Waals surface area contributed by atoms with Crippen LogP contribution in [-0.2, 0) is 6.54 Å². The first-order chi connectivity index (χ1) is 11.5. The Bertz CT molecular complexity index is 731. The van der Waals surface area contributed by atoms with Crippen LogP contribution >= 0.6 is 0 Å².